The summed E-state index contributed by atoms with van der Waals surface area (Å²) in [5.41, 5.74) is -0.133. The zero-order valence-electron chi connectivity index (χ0n) is 21.1. The third kappa shape index (κ3) is 6.79. The number of hydrogen-bond acceptors (Lipinski definition) is 6. The first-order chi connectivity index (χ1) is 19.5. The molecule has 3 amide bonds. The van der Waals surface area contributed by atoms with Crippen LogP contribution in [0.15, 0.2) is 64.6 Å². The fraction of sp³-hybridized carbons (Fsp3) is 0.148. The smallest absolute Gasteiger partial charge is 0.338 e. The average molecular weight is 654 g/mol. The van der Waals surface area contributed by atoms with Crippen LogP contribution < -0.4 is 15.6 Å². The van der Waals surface area contributed by atoms with E-state index in [0.717, 1.165) is 0 Å². The number of carboxylic acids is 1. The van der Waals surface area contributed by atoms with Crippen LogP contribution in [0.2, 0.25) is 20.1 Å². The molecule has 0 spiro atoms. The quantitative estimate of drug-likeness (QED) is 0.137. The summed E-state index contributed by atoms with van der Waals surface area (Å²) in [6.07, 6.45) is 0.416. The molecule has 212 valence electrons. The molecule has 1 aliphatic rings. The first-order valence-corrected chi connectivity index (χ1v) is 14.3. The second-order valence-electron chi connectivity index (χ2n) is 8.56. The van der Waals surface area contributed by atoms with E-state index in [0.29, 0.717) is 22.7 Å². The molecule has 0 aromatic heterocycles. The van der Waals surface area contributed by atoms with Crippen LogP contribution in [-0.2, 0) is 9.59 Å². The highest BCUT2D eigenvalue weighted by Crippen LogP contribution is 2.42. The number of carbonyl (C=O) groups is 4. The summed E-state index contributed by atoms with van der Waals surface area (Å²) in [4.78, 5) is 51.0. The van der Waals surface area contributed by atoms with Gasteiger partial charge in [0.25, 0.3) is 11.8 Å². The van der Waals surface area contributed by atoms with Crippen molar-refractivity contribution in [3.05, 3.63) is 85.8 Å². The number of benzene rings is 3. The minimum absolute atomic E-state index is 0.0388. The maximum absolute atomic E-state index is 13.1. The Balaban J connectivity index is 1.48. The SMILES string of the molecule is CCC(Sc1cccc(NC(=O)c2c(Cl)c(Cl)c(Cl)c(Cl)c2C(=O)O)c1)C(=O)NC1=NN(c2ccccc2)C(=O)C1. The maximum Gasteiger partial charge on any atom is 0.338 e. The Bertz CT molecular complexity index is 1590. The van der Waals surface area contributed by atoms with Crippen molar-refractivity contribution in [1.29, 1.82) is 0 Å². The van der Waals surface area contributed by atoms with Crippen molar-refractivity contribution in [1.82, 2.24) is 5.32 Å². The number of nitrogens with zero attached hydrogens (tertiary/aromatic N) is 2. The van der Waals surface area contributed by atoms with Crippen LogP contribution in [0.4, 0.5) is 11.4 Å². The van der Waals surface area contributed by atoms with Gasteiger partial charge in [0.1, 0.15) is 5.84 Å². The zero-order chi connectivity index (χ0) is 29.8. The molecule has 0 aliphatic carbocycles. The lowest BCUT2D eigenvalue weighted by Crippen LogP contribution is -2.36. The van der Waals surface area contributed by atoms with Gasteiger partial charge in [-0.05, 0) is 36.8 Å². The van der Waals surface area contributed by atoms with Crippen LogP contribution in [0.25, 0.3) is 0 Å². The third-order valence-corrected chi connectivity index (χ3v) is 8.95. The van der Waals surface area contributed by atoms with Crippen molar-refractivity contribution in [3.8, 4) is 0 Å². The highest BCUT2D eigenvalue weighted by Gasteiger charge is 2.30. The molecule has 3 aromatic rings. The summed E-state index contributed by atoms with van der Waals surface area (Å²) in [6, 6.07) is 15.5. The van der Waals surface area contributed by atoms with Crippen LogP contribution >= 0.6 is 58.2 Å². The summed E-state index contributed by atoms with van der Waals surface area (Å²) in [5.74, 6) is -2.73. The van der Waals surface area contributed by atoms with Crippen molar-refractivity contribution < 1.29 is 24.3 Å². The lowest BCUT2D eigenvalue weighted by atomic mass is 10.1. The van der Waals surface area contributed by atoms with E-state index in [9.17, 15) is 24.3 Å². The number of hydrogen-bond donors (Lipinski definition) is 3. The van der Waals surface area contributed by atoms with Gasteiger partial charge in [0.15, 0.2) is 0 Å². The summed E-state index contributed by atoms with van der Waals surface area (Å²) in [6.45, 7) is 1.84. The molecule has 9 nitrogen and oxygen atoms in total. The Kier molecular flexibility index (Phi) is 9.83. The summed E-state index contributed by atoms with van der Waals surface area (Å²) < 4.78 is 0. The topological polar surface area (TPSA) is 128 Å². The molecule has 14 heteroatoms. The number of carbonyl (C=O) groups excluding carboxylic acids is 3. The van der Waals surface area contributed by atoms with Crippen LogP contribution in [0, 0.1) is 0 Å². The van der Waals surface area contributed by atoms with Gasteiger partial charge in [0.2, 0.25) is 5.91 Å². The van der Waals surface area contributed by atoms with E-state index in [2.05, 4.69) is 15.7 Å². The van der Waals surface area contributed by atoms with E-state index in [-0.39, 0.29) is 39.1 Å². The number of halogens is 4. The lowest BCUT2D eigenvalue weighted by molar-refractivity contribution is -0.119. The fourth-order valence-electron chi connectivity index (χ4n) is 3.87. The third-order valence-electron chi connectivity index (χ3n) is 5.79. The Morgan fingerprint density at radius 1 is 0.951 bits per heavy atom. The van der Waals surface area contributed by atoms with Crippen molar-refractivity contribution in [2.24, 2.45) is 5.10 Å². The first-order valence-electron chi connectivity index (χ1n) is 11.9. The number of amides is 3. The standard InChI is InChI=1S/C27H20Cl4N4O5S/c1-2-16(25(37)33-17-12-18(36)35(34-17)14-8-4-3-5-9-14)41-15-10-6-7-13(11-15)32-26(38)19-20(27(39)40)22(29)24(31)23(30)21(19)28/h3-11,16H,2,12H2,1H3,(H,32,38)(H,39,40)(H,33,34,37). The van der Waals surface area contributed by atoms with Crippen molar-refractivity contribution >= 4 is 99.1 Å². The Hall–Kier alpha value is -3.28. The second kappa shape index (κ2) is 13.1. The monoisotopic (exact) mass is 652 g/mol. The molecule has 1 heterocycles. The maximum atomic E-state index is 13.1. The molecule has 0 radical (unpaired) electrons. The van der Waals surface area contributed by atoms with Gasteiger partial charge in [-0.25, -0.2) is 4.79 Å². The molecule has 1 unspecified atom stereocenters. The number of para-hydroxylation sites is 1. The van der Waals surface area contributed by atoms with Crippen LogP contribution in [-0.4, -0.2) is 39.9 Å². The number of aromatic carboxylic acids is 1. The number of rotatable bonds is 8. The highest BCUT2D eigenvalue weighted by atomic mass is 35.5. The molecule has 0 saturated heterocycles. The number of hydrazone groups is 1. The average Bonchev–Trinajstić information content (AvgIpc) is 3.32. The van der Waals surface area contributed by atoms with Crippen LogP contribution in [0.1, 0.15) is 40.5 Å². The summed E-state index contributed by atoms with van der Waals surface area (Å²) >= 11 is 25.5. The number of thioether (sulfide) groups is 1. The minimum atomic E-state index is -1.51. The van der Waals surface area contributed by atoms with Gasteiger partial charge in [0, 0.05) is 10.6 Å². The first kappa shape index (κ1) is 30.7. The van der Waals surface area contributed by atoms with Gasteiger partial charge in [-0.2, -0.15) is 10.1 Å². The number of carboxylic acid groups (broad SMARTS) is 1. The molecule has 0 saturated carbocycles. The Morgan fingerprint density at radius 2 is 1.61 bits per heavy atom. The molecule has 0 bridgehead atoms. The minimum Gasteiger partial charge on any atom is -0.478 e. The van der Waals surface area contributed by atoms with E-state index < -0.39 is 33.3 Å². The molecule has 0 fully saturated rings. The molecular formula is C27H20Cl4N4O5S. The Morgan fingerprint density at radius 3 is 2.24 bits per heavy atom. The van der Waals surface area contributed by atoms with Gasteiger partial charge in [-0.3, -0.25) is 14.4 Å². The molecule has 1 aliphatic heterocycles. The van der Waals surface area contributed by atoms with Crippen LogP contribution in [0.5, 0.6) is 0 Å². The number of anilines is 2. The predicted octanol–water partition coefficient (Wildman–Crippen LogP) is 6.99. The van der Waals surface area contributed by atoms with Gasteiger partial charge in [-0.1, -0.05) is 77.6 Å². The van der Waals surface area contributed by atoms with Gasteiger partial charge >= 0.3 is 5.97 Å². The van der Waals surface area contributed by atoms with Crippen LogP contribution in [0.3, 0.4) is 0 Å². The molecule has 3 N–H and O–H groups in total. The fourth-order valence-corrected chi connectivity index (χ4v) is 5.90. The Labute approximate surface area is 258 Å². The molecule has 3 aromatic carbocycles. The van der Waals surface area contributed by atoms with Crippen molar-refractivity contribution in [2.45, 2.75) is 29.9 Å². The van der Waals surface area contributed by atoms with E-state index in [1.54, 1.807) is 48.5 Å². The van der Waals surface area contributed by atoms with E-state index in [1.165, 1.54) is 16.8 Å². The van der Waals surface area contributed by atoms with Gasteiger partial charge in [0.05, 0.1) is 48.6 Å². The van der Waals surface area contributed by atoms with E-state index in [1.807, 2.05) is 13.0 Å². The van der Waals surface area contributed by atoms with E-state index in [4.69, 9.17) is 46.4 Å². The van der Waals surface area contributed by atoms with E-state index >= 15 is 0 Å². The highest BCUT2D eigenvalue weighted by molar-refractivity contribution is 8.00. The van der Waals surface area contributed by atoms with Crippen molar-refractivity contribution in [3.63, 3.8) is 0 Å². The number of amidine groups is 1. The molecular weight excluding hydrogens is 634 g/mol. The summed E-state index contributed by atoms with van der Waals surface area (Å²) in [5, 5.41) is 18.6. The largest absolute Gasteiger partial charge is 0.478 e. The molecule has 4 rings (SSSR count). The second-order valence-corrected chi connectivity index (χ2v) is 11.3. The van der Waals surface area contributed by atoms with Gasteiger partial charge in [-0.15, -0.1) is 11.8 Å². The lowest BCUT2D eigenvalue weighted by Gasteiger charge is -2.16. The molecule has 41 heavy (non-hydrogen) atoms. The molecule has 1 atom stereocenters. The summed E-state index contributed by atoms with van der Waals surface area (Å²) in [7, 11) is 0. The van der Waals surface area contributed by atoms with Crippen molar-refractivity contribution in [2.75, 3.05) is 10.3 Å². The predicted molar refractivity (Wildman–Crippen MR) is 162 cm³/mol. The zero-order valence-corrected chi connectivity index (χ0v) is 24.9. The van der Waals surface area contributed by atoms with Gasteiger partial charge < -0.3 is 15.7 Å². The number of nitrogens with one attached hydrogen (secondary N) is 2. The normalized spacial score (nSPS) is 13.5.